The molecule has 0 saturated heterocycles. The van der Waals surface area contributed by atoms with E-state index in [0.717, 1.165) is 5.56 Å². The fraction of sp³-hybridized carbons (Fsp3) is 0.417. The molecule has 1 aromatic carbocycles. The summed E-state index contributed by atoms with van der Waals surface area (Å²) in [6, 6.07) is 3.74. The third kappa shape index (κ3) is 3.98. The number of nitrogens with one attached hydrogen (secondary N) is 1. The molecule has 0 aromatic heterocycles. The zero-order valence-electron chi connectivity index (χ0n) is 9.84. The van der Waals surface area contributed by atoms with Crippen LogP contribution in [0.4, 0.5) is 4.39 Å². The minimum Gasteiger partial charge on any atom is -0.368 e. The molecule has 1 unspecified atom stereocenters. The summed E-state index contributed by atoms with van der Waals surface area (Å²) in [5.74, 6) is -0.695. The smallest absolute Gasteiger partial charge is 0.234 e. The lowest BCUT2D eigenvalue weighted by Crippen LogP contribution is -2.44. The molecule has 1 atom stereocenters. The topological polar surface area (TPSA) is 55.1 Å². The fourth-order valence-corrected chi connectivity index (χ4v) is 1.78. The number of hydrogen-bond donors (Lipinski definition) is 2. The van der Waals surface area contributed by atoms with Crippen LogP contribution >= 0.6 is 11.6 Å². The van der Waals surface area contributed by atoms with Gasteiger partial charge < -0.3 is 11.1 Å². The minimum absolute atomic E-state index is 0.0896. The zero-order chi connectivity index (χ0) is 13.0. The Balaban J connectivity index is 2.69. The van der Waals surface area contributed by atoms with E-state index < -0.39 is 11.9 Å². The van der Waals surface area contributed by atoms with E-state index in [-0.39, 0.29) is 11.7 Å². The molecule has 94 valence electrons. The fourth-order valence-electron chi connectivity index (χ4n) is 1.55. The van der Waals surface area contributed by atoms with Gasteiger partial charge in [0.1, 0.15) is 5.82 Å². The standard InChI is InChI=1S/C12H16ClFN2O/c1-7(2)11(12(15)17)16-6-8-3-4-9(14)5-10(8)13/h3-5,7,11,16H,6H2,1-2H3,(H2,15,17). The molecule has 0 saturated carbocycles. The Morgan fingerprint density at radius 2 is 2.18 bits per heavy atom. The number of rotatable bonds is 5. The van der Waals surface area contributed by atoms with E-state index in [4.69, 9.17) is 17.3 Å². The van der Waals surface area contributed by atoms with Crippen molar-refractivity contribution in [1.29, 1.82) is 0 Å². The SMILES string of the molecule is CC(C)C(NCc1ccc(F)cc1Cl)C(N)=O. The molecule has 1 amide bonds. The number of benzene rings is 1. The van der Waals surface area contributed by atoms with Crippen molar-refractivity contribution in [2.75, 3.05) is 0 Å². The Morgan fingerprint density at radius 3 is 2.65 bits per heavy atom. The van der Waals surface area contributed by atoms with Gasteiger partial charge >= 0.3 is 0 Å². The monoisotopic (exact) mass is 258 g/mol. The van der Waals surface area contributed by atoms with Gasteiger partial charge in [0.05, 0.1) is 6.04 Å². The van der Waals surface area contributed by atoms with Gasteiger partial charge in [-0.15, -0.1) is 0 Å². The van der Waals surface area contributed by atoms with Crippen LogP contribution in [0.1, 0.15) is 19.4 Å². The summed E-state index contributed by atoms with van der Waals surface area (Å²) in [5, 5.41) is 3.35. The maximum atomic E-state index is 12.8. The predicted molar refractivity (Wildman–Crippen MR) is 66.1 cm³/mol. The first-order chi connectivity index (χ1) is 7.91. The number of primary amides is 1. The van der Waals surface area contributed by atoms with Crippen LogP contribution in [0.2, 0.25) is 5.02 Å². The van der Waals surface area contributed by atoms with Gasteiger partial charge in [-0.2, -0.15) is 0 Å². The second-order valence-electron chi connectivity index (χ2n) is 4.24. The lowest BCUT2D eigenvalue weighted by atomic mass is 10.0. The maximum absolute atomic E-state index is 12.8. The van der Waals surface area contributed by atoms with Crippen molar-refractivity contribution in [3.05, 3.63) is 34.6 Å². The molecule has 0 aliphatic rings. The second-order valence-corrected chi connectivity index (χ2v) is 4.65. The number of hydrogen-bond acceptors (Lipinski definition) is 2. The average molecular weight is 259 g/mol. The van der Waals surface area contributed by atoms with E-state index in [9.17, 15) is 9.18 Å². The number of nitrogens with two attached hydrogens (primary N) is 1. The van der Waals surface area contributed by atoms with Crippen molar-refractivity contribution in [3.8, 4) is 0 Å². The van der Waals surface area contributed by atoms with E-state index in [2.05, 4.69) is 5.32 Å². The van der Waals surface area contributed by atoms with Crippen LogP contribution in [0.3, 0.4) is 0 Å². The first kappa shape index (κ1) is 13.9. The minimum atomic E-state index is -0.420. The molecule has 0 aliphatic heterocycles. The lowest BCUT2D eigenvalue weighted by molar-refractivity contribution is -0.121. The Kier molecular flexibility index (Phi) is 4.90. The van der Waals surface area contributed by atoms with Crippen LogP contribution in [0, 0.1) is 11.7 Å². The van der Waals surface area contributed by atoms with Crippen molar-refractivity contribution in [1.82, 2.24) is 5.32 Å². The normalized spacial score (nSPS) is 12.8. The van der Waals surface area contributed by atoms with Crippen LogP contribution in [0.25, 0.3) is 0 Å². The summed E-state index contributed by atoms with van der Waals surface area (Å²) < 4.78 is 12.8. The largest absolute Gasteiger partial charge is 0.368 e. The van der Waals surface area contributed by atoms with Crippen LogP contribution in [0.5, 0.6) is 0 Å². The van der Waals surface area contributed by atoms with Crippen LogP contribution in [-0.2, 0) is 11.3 Å². The van der Waals surface area contributed by atoms with Gasteiger partial charge in [-0.3, -0.25) is 4.79 Å². The third-order valence-electron chi connectivity index (χ3n) is 2.50. The highest BCUT2D eigenvalue weighted by Crippen LogP contribution is 2.17. The van der Waals surface area contributed by atoms with Crippen molar-refractivity contribution >= 4 is 17.5 Å². The molecular formula is C12H16ClFN2O. The van der Waals surface area contributed by atoms with Gasteiger partial charge in [0, 0.05) is 11.6 Å². The molecule has 0 spiro atoms. The Morgan fingerprint density at radius 1 is 1.53 bits per heavy atom. The first-order valence-corrected chi connectivity index (χ1v) is 5.76. The van der Waals surface area contributed by atoms with Crippen LogP contribution in [0.15, 0.2) is 18.2 Å². The van der Waals surface area contributed by atoms with Gasteiger partial charge in [-0.1, -0.05) is 31.5 Å². The summed E-state index contributed by atoms with van der Waals surface area (Å²) in [5.41, 5.74) is 6.01. The summed E-state index contributed by atoms with van der Waals surface area (Å²) in [4.78, 5) is 11.2. The molecule has 3 N–H and O–H groups in total. The number of halogens is 2. The molecule has 0 radical (unpaired) electrons. The van der Waals surface area contributed by atoms with Gasteiger partial charge in [-0.25, -0.2) is 4.39 Å². The highest BCUT2D eigenvalue weighted by Gasteiger charge is 2.18. The van der Waals surface area contributed by atoms with Gasteiger partial charge in [-0.05, 0) is 23.6 Å². The number of amides is 1. The Labute approximate surface area is 105 Å². The summed E-state index contributed by atoms with van der Waals surface area (Å²) in [7, 11) is 0. The molecule has 3 nitrogen and oxygen atoms in total. The maximum Gasteiger partial charge on any atom is 0.234 e. The third-order valence-corrected chi connectivity index (χ3v) is 2.85. The molecule has 17 heavy (non-hydrogen) atoms. The average Bonchev–Trinajstić information content (AvgIpc) is 2.20. The van der Waals surface area contributed by atoms with Crippen molar-refractivity contribution in [3.63, 3.8) is 0 Å². The number of carbonyl (C=O) groups is 1. The lowest BCUT2D eigenvalue weighted by Gasteiger charge is -2.19. The molecule has 5 heteroatoms. The van der Waals surface area contributed by atoms with Gasteiger partial charge in [0.2, 0.25) is 5.91 Å². The van der Waals surface area contributed by atoms with E-state index in [1.54, 1.807) is 6.07 Å². The second kappa shape index (κ2) is 5.98. The Hall–Kier alpha value is -1.13. The predicted octanol–water partition coefficient (Wildman–Crippen LogP) is 2.08. The summed E-state index contributed by atoms with van der Waals surface area (Å²) in [6.07, 6.45) is 0. The Bertz CT molecular complexity index is 409. The van der Waals surface area contributed by atoms with Gasteiger partial charge in [0.25, 0.3) is 0 Å². The highest BCUT2D eigenvalue weighted by atomic mass is 35.5. The number of carbonyl (C=O) groups excluding carboxylic acids is 1. The van der Waals surface area contributed by atoms with E-state index in [1.807, 2.05) is 13.8 Å². The molecule has 0 aliphatic carbocycles. The highest BCUT2D eigenvalue weighted by molar-refractivity contribution is 6.31. The molecule has 1 rings (SSSR count). The van der Waals surface area contributed by atoms with Gasteiger partial charge in [0.15, 0.2) is 0 Å². The molecule has 0 heterocycles. The molecule has 0 fully saturated rings. The summed E-state index contributed by atoms with van der Waals surface area (Å²) in [6.45, 7) is 4.17. The summed E-state index contributed by atoms with van der Waals surface area (Å²) >= 11 is 5.88. The van der Waals surface area contributed by atoms with E-state index in [1.165, 1.54) is 12.1 Å². The molecular weight excluding hydrogens is 243 g/mol. The van der Waals surface area contributed by atoms with Crippen LogP contribution < -0.4 is 11.1 Å². The quantitative estimate of drug-likeness (QED) is 0.850. The van der Waals surface area contributed by atoms with E-state index in [0.29, 0.717) is 11.6 Å². The van der Waals surface area contributed by atoms with Crippen molar-refractivity contribution in [2.24, 2.45) is 11.7 Å². The van der Waals surface area contributed by atoms with Crippen LogP contribution in [-0.4, -0.2) is 11.9 Å². The van der Waals surface area contributed by atoms with Crippen molar-refractivity contribution in [2.45, 2.75) is 26.4 Å². The van der Waals surface area contributed by atoms with Crippen molar-refractivity contribution < 1.29 is 9.18 Å². The molecule has 0 bridgehead atoms. The van der Waals surface area contributed by atoms with E-state index >= 15 is 0 Å². The first-order valence-electron chi connectivity index (χ1n) is 5.38. The zero-order valence-corrected chi connectivity index (χ0v) is 10.6. The molecule has 1 aromatic rings.